The number of aryl methyl sites for hydroxylation is 4. The summed E-state index contributed by atoms with van der Waals surface area (Å²) < 4.78 is 35.8. The van der Waals surface area contributed by atoms with Gasteiger partial charge in [-0.25, -0.2) is 23.1 Å². The lowest BCUT2D eigenvalue weighted by molar-refractivity contribution is -0.911. The molecule has 132 heavy (non-hydrogen) atoms. The van der Waals surface area contributed by atoms with Crippen molar-refractivity contribution in [1.29, 1.82) is 0 Å². The zero-order valence-corrected chi connectivity index (χ0v) is 87.3. The molecule has 10 heterocycles. The van der Waals surface area contributed by atoms with Crippen molar-refractivity contribution in [2.24, 2.45) is 7.05 Å². The third-order valence-electron chi connectivity index (χ3n) is 21.0. The Bertz CT molecular complexity index is 6230. The van der Waals surface area contributed by atoms with Crippen LogP contribution >= 0.6 is 23.1 Å². The molecule has 0 saturated heterocycles. The lowest BCUT2D eigenvalue weighted by Gasteiger charge is -2.18. The number of aromatic nitrogens is 14. The largest absolute Gasteiger partial charge is 0.297 e. The van der Waals surface area contributed by atoms with Gasteiger partial charge >= 0.3 is 0 Å². The van der Waals surface area contributed by atoms with E-state index in [9.17, 15) is 0 Å². The molecule has 0 unspecified atom stereocenters. The van der Waals surface area contributed by atoms with E-state index in [1.165, 1.54) is 49.7 Å². The molecule has 0 aliphatic heterocycles. The first-order chi connectivity index (χ1) is 61.5. The number of fused-ring (bicyclic) bond motifs is 5. The smallest absolute Gasteiger partial charge is 0.244 e. The van der Waals surface area contributed by atoms with Crippen molar-refractivity contribution in [3.05, 3.63) is 338 Å². The summed E-state index contributed by atoms with van der Waals surface area (Å²) >= 11 is 8.33. The molecule has 17 aromatic rings. The van der Waals surface area contributed by atoms with Gasteiger partial charge in [-0.05, 0) is 99.5 Å². The summed E-state index contributed by atoms with van der Waals surface area (Å²) in [5.41, 5.74) is 13.9. The molecule has 0 fully saturated rings. The van der Waals surface area contributed by atoms with Gasteiger partial charge in [0.05, 0.1) is 44.6 Å². The number of tetrazole rings is 1. The molecule has 0 saturated carbocycles. The van der Waals surface area contributed by atoms with Gasteiger partial charge in [0.2, 0.25) is 67.5 Å². The second kappa shape index (κ2) is 44.6. The van der Waals surface area contributed by atoms with Crippen LogP contribution in [0.4, 0.5) is 0 Å². The first kappa shape index (κ1) is 105. The molecule has 696 valence electrons. The van der Waals surface area contributed by atoms with Crippen molar-refractivity contribution in [2.45, 2.75) is 284 Å². The van der Waals surface area contributed by atoms with Gasteiger partial charge in [0.15, 0.2) is 76.4 Å². The second-order valence-corrected chi connectivity index (χ2v) is 44.3. The summed E-state index contributed by atoms with van der Waals surface area (Å²) in [4.78, 5) is 8.00. The predicted octanol–water partition coefficient (Wildman–Crippen LogP) is 24.2. The normalized spacial score (nSPS) is 11.9. The Hall–Kier alpha value is -11.9. The number of nitrogens with zero attached hydrogens (tertiary/aromatic N) is 14. The molecule has 0 aliphatic carbocycles. The fraction of sp³-hybridized carbons (Fsp3) is 0.389. The van der Waals surface area contributed by atoms with E-state index in [1.807, 2.05) is 154 Å². The van der Waals surface area contributed by atoms with Crippen LogP contribution in [0.1, 0.15) is 231 Å². The van der Waals surface area contributed by atoms with E-state index >= 15 is 0 Å². The highest BCUT2D eigenvalue weighted by atomic mass is 35.5. The van der Waals surface area contributed by atoms with Gasteiger partial charge in [0.1, 0.15) is 35.3 Å². The SMILES string of the molecule is CC(C)(C)[n+]1c2ccccc2c(Cl)c2ccccc21.CC(C)(C)[n+]1cccc2ccccc21.CC(C)(C)[n+]1ccccc1.CC(C)(C)[n+]1ccco1.CC(C)(C)[n+]1cccs1.CC(C)(C)[n+]1ccnc2ccccc21.CC(C)(C)[n+]1ncnn1-c1ccccc1.C[n+]1c(C(C)(C)C)ccc2ccccc21.Cc1cc(-c2ccccc2)o[n+]1C(C)(C)C.Cc1cc(C)[n+](C(C)(C)C)o1. The molecule has 0 bridgehead atoms. The minimum absolute atomic E-state index is 0.00377. The molecule has 19 heteroatoms. The van der Waals surface area contributed by atoms with Crippen molar-refractivity contribution in [3.63, 3.8) is 0 Å². The lowest BCUT2D eigenvalue weighted by Crippen LogP contribution is -2.58. The molecule has 0 atom stereocenters. The Kier molecular flexibility index (Phi) is 35.6. The molecular weight excluding hydrogens is 1670 g/mol. The van der Waals surface area contributed by atoms with Gasteiger partial charge in [0.25, 0.3) is 6.33 Å². The summed E-state index contributed by atoms with van der Waals surface area (Å²) in [5, 5.41) is 16.2. The maximum Gasteiger partial charge on any atom is 0.297 e. The van der Waals surface area contributed by atoms with Crippen LogP contribution in [-0.4, -0.2) is 20.0 Å². The van der Waals surface area contributed by atoms with Crippen LogP contribution in [0.3, 0.4) is 0 Å². The first-order valence-corrected chi connectivity index (χ1v) is 47.1. The average molecular weight is 1820 g/mol. The lowest BCUT2D eigenvalue weighted by atomic mass is 9.90. The molecular formula is C113H153ClN14O3S+10. The second-order valence-electron chi connectivity index (χ2n) is 43.1. The predicted molar refractivity (Wildman–Crippen MR) is 541 cm³/mol. The van der Waals surface area contributed by atoms with Crippen LogP contribution in [-0.2, 0) is 62.3 Å². The van der Waals surface area contributed by atoms with Crippen molar-refractivity contribution >= 4 is 77.8 Å². The van der Waals surface area contributed by atoms with E-state index in [-0.39, 0.29) is 55.3 Å². The number of pyridine rings is 4. The van der Waals surface area contributed by atoms with Gasteiger partial charge in [-0.2, -0.15) is 18.3 Å². The van der Waals surface area contributed by atoms with E-state index in [0.29, 0.717) is 0 Å². The minimum Gasteiger partial charge on any atom is -0.244 e. The minimum atomic E-state index is -0.0770. The highest BCUT2D eigenvalue weighted by Crippen LogP contribution is 2.32. The van der Waals surface area contributed by atoms with E-state index in [2.05, 4.69) is 440 Å². The Morgan fingerprint density at radius 3 is 1.30 bits per heavy atom. The summed E-state index contributed by atoms with van der Waals surface area (Å²) in [7, 11) is 2.14. The quantitative estimate of drug-likeness (QED) is 0.126. The van der Waals surface area contributed by atoms with E-state index < -0.39 is 0 Å². The number of para-hydroxylation sites is 7. The fourth-order valence-corrected chi connectivity index (χ4v) is 15.9. The number of hydrogen-bond acceptors (Lipinski definition) is 7. The maximum atomic E-state index is 6.58. The standard InChI is InChI=1S/C17H17ClN.C14H18NO.C14H18N.C13H16N.C12H15N2.C11H15N4.C9H16NO.C9H14N.C7H12NO.C7H12NS/c1-17(2,3)19-14-10-6-4-8-12(14)16(18)13-9-5-7-11-15(13)19;1-11-10-13(12-8-6-5-7-9-12)16-15(11)14(2,3)4;1-14(2,3)13-10-9-11-7-5-6-8-12(11)15(13)4;1-13(2,3)14-10-6-8-11-7-4-5-9-12(11)14;1-12(2,3)14-9-8-13-10-6-4-5-7-11(10)14;1-11(2,3)15-13-9-12-14(15)10-7-5-4-6-8-10;1-7-6-8(2)11-10(7)9(3,4)5;1-9(2,3)10-7-5-4-6-8-10;2*1-7(2,3)8-5-4-6-9-8/h4-11H,1-3H3;5-10H,1-4H3;5-10H,1-4H3;4-10H,1-3H3;4-9H,1-3H3;4-9H,1-3H3;6H,1-5H3;4-8H,1-3H3;2*4-6H,1-3H3/q10*+1. The topological polar surface area (TPSA) is 122 Å². The number of hydrogen-bond donors (Lipinski definition) is 0. The van der Waals surface area contributed by atoms with Gasteiger partial charge in [-0.3, -0.25) is 0 Å². The van der Waals surface area contributed by atoms with E-state index in [0.717, 1.165) is 49.8 Å². The Morgan fingerprint density at radius 1 is 0.379 bits per heavy atom. The molecule has 17 rings (SSSR count). The summed E-state index contributed by atoms with van der Waals surface area (Å²) in [6.45, 7) is 71.3. The summed E-state index contributed by atoms with van der Waals surface area (Å²) in [6.07, 6.45) is 17.5. The Morgan fingerprint density at radius 2 is 0.856 bits per heavy atom. The number of rotatable bonds is 2. The van der Waals surface area contributed by atoms with Crippen LogP contribution in [0, 0.1) is 20.8 Å². The van der Waals surface area contributed by atoms with Gasteiger partial charge < -0.3 is 0 Å². The molecule has 0 N–H and O–H groups in total. The maximum absolute atomic E-state index is 6.58. The number of benzene rings is 7. The van der Waals surface area contributed by atoms with Crippen molar-refractivity contribution in [2.75, 3.05) is 0 Å². The third kappa shape index (κ3) is 30.1. The monoisotopic (exact) mass is 1820 g/mol. The summed E-state index contributed by atoms with van der Waals surface area (Å²) in [5.74, 6) is 1.89. The average Bonchev–Trinajstić information content (AvgIpc) is 0.902. The van der Waals surface area contributed by atoms with Crippen LogP contribution < -0.4 is 45.8 Å². The Balaban J connectivity index is 0.000000182. The van der Waals surface area contributed by atoms with Crippen LogP contribution in [0.15, 0.2) is 324 Å². The zero-order valence-electron chi connectivity index (χ0n) is 85.7. The van der Waals surface area contributed by atoms with Crippen LogP contribution in [0.25, 0.3) is 71.7 Å². The first-order valence-electron chi connectivity index (χ1n) is 45.9. The van der Waals surface area contributed by atoms with Gasteiger partial charge in [0, 0.05) is 280 Å². The number of halogens is 1. The molecule has 0 amide bonds. The highest BCUT2D eigenvalue weighted by Gasteiger charge is 2.35. The highest BCUT2D eigenvalue weighted by molar-refractivity contribution is 6.99. The van der Waals surface area contributed by atoms with Crippen molar-refractivity contribution in [3.8, 4) is 17.0 Å². The molecule has 0 spiro atoms. The molecule has 0 radical (unpaired) electrons. The molecule has 10 aromatic heterocycles. The van der Waals surface area contributed by atoms with Crippen LogP contribution in [0.2, 0.25) is 5.02 Å². The molecule has 17 nitrogen and oxygen atoms in total. The fourth-order valence-electron chi connectivity index (χ4n) is 14.8. The van der Waals surface area contributed by atoms with Crippen LogP contribution in [0.5, 0.6) is 0 Å². The van der Waals surface area contributed by atoms with E-state index in [1.54, 1.807) is 28.9 Å². The third-order valence-corrected chi connectivity index (χ3v) is 22.5. The van der Waals surface area contributed by atoms with Gasteiger partial charge in [-0.1, -0.05) is 148 Å². The van der Waals surface area contributed by atoms with Crippen molar-refractivity contribution < 1.29 is 59.4 Å². The Labute approximate surface area is 797 Å². The molecule has 7 aromatic carbocycles. The van der Waals surface area contributed by atoms with Crippen molar-refractivity contribution in [1.82, 2.24) is 20.0 Å². The molecule has 0 aliphatic rings. The van der Waals surface area contributed by atoms with E-state index in [4.69, 9.17) is 25.2 Å². The van der Waals surface area contributed by atoms with Gasteiger partial charge in [-0.15, -0.1) is 3.96 Å². The zero-order chi connectivity index (χ0) is 97.8. The summed E-state index contributed by atoms with van der Waals surface area (Å²) in [6, 6.07) is 84.9.